The van der Waals surface area contributed by atoms with Gasteiger partial charge in [0.05, 0.1) is 0 Å². The molecule has 1 aromatic carbocycles. The van der Waals surface area contributed by atoms with Gasteiger partial charge in [0.1, 0.15) is 11.4 Å². The van der Waals surface area contributed by atoms with Gasteiger partial charge in [-0.1, -0.05) is 6.07 Å². The molecule has 0 aliphatic carbocycles. The van der Waals surface area contributed by atoms with Gasteiger partial charge in [0.2, 0.25) is 0 Å². The number of hydrogen-bond acceptors (Lipinski definition) is 4. The van der Waals surface area contributed by atoms with E-state index in [0.29, 0.717) is 11.3 Å². The van der Waals surface area contributed by atoms with Crippen molar-refractivity contribution in [2.45, 2.75) is 20.8 Å². The minimum atomic E-state index is -0.554. The van der Waals surface area contributed by atoms with Gasteiger partial charge in [-0.3, -0.25) is 25.2 Å². The number of ketones is 1. The average molecular weight is 329 g/mol. The van der Waals surface area contributed by atoms with Crippen LogP contribution in [-0.2, 0) is 4.79 Å². The molecule has 0 saturated heterocycles. The van der Waals surface area contributed by atoms with Crippen LogP contribution in [0.1, 0.15) is 38.9 Å². The predicted molar refractivity (Wildman–Crippen MR) is 87.8 cm³/mol. The van der Waals surface area contributed by atoms with E-state index in [4.69, 9.17) is 4.74 Å². The zero-order valence-corrected chi connectivity index (χ0v) is 13.7. The van der Waals surface area contributed by atoms with Crippen molar-refractivity contribution in [3.05, 3.63) is 52.8 Å². The van der Waals surface area contributed by atoms with Crippen molar-refractivity contribution in [1.82, 2.24) is 15.8 Å². The van der Waals surface area contributed by atoms with Crippen molar-refractivity contribution in [2.75, 3.05) is 6.61 Å². The van der Waals surface area contributed by atoms with E-state index in [-0.39, 0.29) is 18.1 Å². The van der Waals surface area contributed by atoms with Crippen molar-refractivity contribution in [2.24, 2.45) is 0 Å². The summed E-state index contributed by atoms with van der Waals surface area (Å²) in [7, 11) is 0. The number of hydrazine groups is 1. The molecule has 7 nitrogen and oxygen atoms in total. The lowest BCUT2D eigenvalue weighted by Crippen LogP contribution is -2.43. The van der Waals surface area contributed by atoms with Crippen molar-refractivity contribution in [3.8, 4) is 5.75 Å². The van der Waals surface area contributed by atoms with E-state index in [2.05, 4.69) is 15.8 Å². The third-order valence-corrected chi connectivity index (χ3v) is 3.50. The highest BCUT2D eigenvalue weighted by Crippen LogP contribution is 2.16. The minimum Gasteiger partial charge on any atom is -0.484 e. The molecule has 0 atom stereocenters. The normalized spacial score (nSPS) is 10.1. The second-order valence-corrected chi connectivity index (χ2v) is 5.40. The third-order valence-electron chi connectivity index (χ3n) is 3.50. The SMILES string of the molecule is CC(=O)c1c[nH]c(C(=O)NNC(=O)COc2ccc(C)c(C)c2)c1. The highest BCUT2D eigenvalue weighted by Gasteiger charge is 2.11. The standard InChI is InChI=1S/C17H19N3O4/c1-10-4-5-14(6-11(10)2)24-9-16(22)19-20-17(23)15-7-13(8-18-15)12(3)21/h4-8,18H,9H2,1-3H3,(H,19,22)(H,20,23). The minimum absolute atomic E-state index is 0.156. The Morgan fingerprint density at radius 1 is 1.08 bits per heavy atom. The summed E-state index contributed by atoms with van der Waals surface area (Å²) in [6.45, 7) is 5.11. The lowest BCUT2D eigenvalue weighted by molar-refractivity contribution is -0.123. The van der Waals surface area contributed by atoms with Gasteiger partial charge in [-0.2, -0.15) is 0 Å². The Hall–Kier alpha value is -3.09. The molecular formula is C17H19N3O4. The number of nitrogens with one attached hydrogen (secondary N) is 3. The van der Waals surface area contributed by atoms with Gasteiger partial charge in [-0.25, -0.2) is 0 Å². The van der Waals surface area contributed by atoms with E-state index >= 15 is 0 Å². The van der Waals surface area contributed by atoms with E-state index in [1.807, 2.05) is 26.0 Å². The molecule has 2 aromatic rings. The number of H-pyrrole nitrogens is 1. The van der Waals surface area contributed by atoms with Crippen molar-refractivity contribution < 1.29 is 19.1 Å². The molecule has 2 amide bonds. The van der Waals surface area contributed by atoms with Gasteiger partial charge >= 0.3 is 0 Å². The quantitative estimate of drug-likeness (QED) is 0.574. The summed E-state index contributed by atoms with van der Waals surface area (Å²) >= 11 is 0. The lowest BCUT2D eigenvalue weighted by atomic mass is 10.1. The number of carbonyl (C=O) groups is 3. The molecule has 1 aromatic heterocycles. The monoisotopic (exact) mass is 329 g/mol. The number of benzene rings is 1. The number of Topliss-reactive ketones (excluding diaryl/α,β-unsaturated/α-hetero) is 1. The zero-order valence-electron chi connectivity index (χ0n) is 13.7. The van der Waals surface area contributed by atoms with Gasteiger partial charge in [-0.15, -0.1) is 0 Å². The van der Waals surface area contributed by atoms with Crippen LogP contribution in [0.3, 0.4) is 0 Å². The Bertz CT molecular complexity index is 780. The molecule has 1 heterocycles. The fourth-order valence-corrected chi connectivity index (χ4v) is 1.91. The molecule has 0 radical (unpaired) electrons. The number of hydrogen-bond donors (Lipinski definition) is 3. The van der Waals surface area contributed by atoms with Crippen LogP contribution in [-0.4, -0.2) is 29.2 Å². The largest absolute Gasteiger partial charge is 0.484 e. The summed E-state index contributed by atoms with van der Waals surface area (Å²) in [5.41, 5.74) is 7.26. The van der Waals surface area contributed by atoms with Crippen LogP contribution < -0.4 is 15.6 Å². The third kappa shape index (κ3) is 4.45. The molecule has 0 unspecified atom stereocenters. The Balaban J connectivity index is 1.80. The Kier molecular flexibility index (Phi) is 5.36. The maximum Gasteiger partial charge on any atom is 0.286 e. The van der Waals surface area contributed by atoms with Crippen molar-refractivity contribution >= 4 is 17.6 Å². The number of aryl methyl sites for hydroxylation is 2. The topological polar surface area (TPSA) is 100 Å². The number of carbonyl (C=O) groups excluding carboxylic acids is 3. The molecule has 0 spiro atoms. The van der Waals surface area contributed by atoms with Gasteiger partial charge < -0.3 is 9.72 Å². The number of amides is 2. The lowest BCUT2D eigenvalue weighted by Gasteiger charge is -2.09. The average Bonchev–Trinajstić information content (AvgIpc) is 3.04. The van der Waals surface area contributed by atoms with Crippen LogP contribution in [0.25, 0.3) is 0 Å². The van der Waals surface area contributed by atoms with Crippen LogP contribution in [0, 0.1) is 13.8 Å². The van der Waals surface area contributed by atoms with E-state index in [0.717, 1.165) is 11.1 Å². The van der Waals surface area contributed by atoms with Gasteiger partial charge in [0, 0.05) is 11.8 Å². The van der Waals surface area contributed by atoms with E-state index < -0.39 is 11.8 Å². The Morgan fingerprint density at radius 3 is 2.46 bits per heavy atom. The number of aromatic amines is 1. The first-order valence-electron chi connectivity index (χ1n) is 7.35. The number of rotatable bonds is 5. The fraction of sp³-hybridized carbons (Fsp3) is 0.235. The zero-order chi connectivity index (χ0) is 17.7. The summed E-state index contributed by atoms with van der Waals surface area (Å²) in [6.07, 6.45) is 1.43. The molecule has 0 fully saturated rings. The van der Waals surface area contributed by atoms with Crippen LogP contribution in [0.15, 0.2) is 30.5 Å². The Labute approximate surface area is 139 Å². The second-order valence-electron chi connectivity index (χ2n) is 5.40. The molecule has 7 heteroatoms. The van der Waals surface area contributed by atoms with Crippen LogP contribution in [0.5, 0.6) is 5.75 Å². The molecule has 0 bridgehead atoms. The smallest absolute Gasteiger partial charge is 0.286 e. The highest BCUT2D eigenvalue weighted by molar-refractivity contribution is 5.99. The molecule has 0 aliphatic heterocycles. The summed E-state index contributed by atoms with van der Waals surface area (Å²) in [5.74, 6) is -0.631. The molecule has 2 rings (SSSR count). The number of ether oxygens (including phenoxy) is 1. The van der Waals surface area contributed by atoms with E-state index in [9.17, 15) is 14.4 Å². The molecule has 0 saturated carbocycles. The molecule has 24 heavy (non-hydrogen) atoms. The Morgan fingerprint density at radius 2 is 1.83 bits per heavy atom. The van der Waals surface area contributed by atoms with Gasteiger partial charge in [0.25, 0.3) is 11.8 Å². The van der Waals surface area contributed by atoms with Crippen molar-refractivity contribution in [3.63, 3.8) is 0 Å². The first kappa shape index (κ1) is 17.3. The molecule has 0 aliphatic rings. The first-order chi connectivity index (χ1) is 11.4. The summed E-state index contributed by atoms with van der Waals surface area (Å²) in [4.78, 5) is 37.4. The summed E-state index contributed by atoms with van der Waals surface area (Å²) in [6, 6.07) is 6.93. The number of aromatic nitrogens is 1. The van der Waals surface area contributed by atoms with E-state index in [1.54, 1.807) is 6.07 Å². The van der Waals surface area contributed by atoms with Crippen LogP contribution >= 0.6 is 0 Å². The fourth-order valence-electron chi connectivity index (χ4n) is 1.91. The maximum atomic E-state index is 11.8. The van der Waals surface area contributed by atoms with Gasteiger partial charge in [0.15, 0.2) is 12.4 Å². The maximum absolute atomic E-state index is 11.8. The first-order valence-corrected chi connectivity index (χ1v) is 7.35. The van der Waals surface area contributed by atoms with Crippen LogP contribution in [0.2, 0.25) is 0 Å². The second kappa shape index (κ2) is 7.45. The molecular weight excluding hydrogens is 310 g/mol. The van der Waals surface area contributed by atoms with Gasteiger partial charge in [-0.05, 0) is 50.1 Å². The summed E-state index contributed by atoms with van der Waals surface area (Å²) in [5, 5.41) is 0. The molecule has 3 N–H and O–H groups in total. The summed E-state index contributed by atoms with van der Waals surface area (Å²) < 4.78 is 5.36. The highest BCUT2D eigenvalue weighted by atomic mass is 16.5. The van der Waals surface area contributed by atoms with Crippen molar-refractivity contribution in [1.29, 1.82) is 0 Å². The van der Waals surface area contributed by atoms with E-state index in [1.165, 1.54) is 19.2 Å². The molecule has 126 valence electrons. The predicted octanol–water partition coefficient (Wildman–Crippen LogP) is 1.67. The van der Waals surface area contributed by atoms with Crippen LogP contribution in [0.4, 0.5) is 0 Å².